The average Bonchev–Trinajstić information content (AvgIpc) is 3.66. The predicted molar refractivity (Wildman–Crippen MR) is 212 cm³/mol. The quantitative estimate of drug-likeness (QED) is 0.185. The first kappa shape index (κ1) is 32.5. The summed E-state index contributed by atoms with van der Waals surface area (Å²) >= 11 is 0. The van der Waals surface area contributed by atoms with Crippen LogP contribution in [0.1, 0.15) is 96.0 Å². The van der Waals surface area contributed by atoms with E-state index in [0.29, 0.717) is 5.56 Å². The van der Waals surface area contributed by atoms with Crippen molar-refractivity contribution in [3.63, 3.8) is 0 Å². The molecule has 4 heteroatoms. The van der Waals surface area contributed by atoms with Gasteiger partial charge in [0.2, 0.25) is 0 Å². The minimum Gasteiger partial charge on any atom is -0.308 e. The minimum atomic E-state index is -0.519. The lowest BCUT2D eigenvalue weighted by atomic mass is 9.54. The summed E-state index contributed by atoms with van der Waals surface area (Å²) in [5.74, 6) is 0.289. The fourth-order valence-corrected chi connectivity index (χ4v) is 9.94. The third kappa shape index (κ3) is 4.64. The van der Waals surface area contributed by atoms with Crippen LogP contribution in [0.15, 0.2) is 121 Å². The first-order chi connectivity index (χ1) is 25.7. The number of rotatable bonds is 4. The summed E-state index contributed by atoms with van der Waals surface area (Å²) in [6.45, 7) is 8.90. The summed E-state index contributed by atoms with van der Waals surface area (Å²) in [5, 5.41) is 34.9. The van der Waals surface area contributed by atoms with E-state index < -0.39 is 10.8 Å². The summed E-state index contributed by atoms with van der Waals surface area (Å²) in [7, 11) is 0. The fraction of sp³-hybridized carbons (Fsp3) is 0.204. The molecule has 2 aliphatic carbocycles. The first-order valence-electron chi connectivity index (χ1n) is 18.4. The van der Waals surface area contributed by atoms with Crippen molar-refractivity contribution in [2.75, 3.05) is 0 Å². The molecule has 53 heavy (non-hydrogen) atoms. The highest BCUT2D eigenvalue weighted by Crippen LogP contribution is 2.58. The highest BCUT2D eigenvalue weighted by atomic mass is 15.0. The van der Waals surface area contributed by atoms with Crippen LogP contribution in [0, 0.1) is 34.0 Å². The molecular formula is C49H38N4. The van der Waals surface area contributed by atoms with Crippen LogP contribution in [0.5, 0.6) is 0 Å². The van der Waals surface area contributed by atoms with Crippen molar-refractivity contribution in [3.05, 3.63) is 171 Å². The van der Waals surface area contributed by atoms with Crippen LogP contribution in [-0.4, -0.2) is 4.57 Å². The first-order valence-corrected chi connectivity index (χ1v) is 18.4. The molecule has 0 fully saturated rings. The number of para-hydroxylation sites is 1. The maximum absolute atomic E-state index is 11.1. The Bertz CT molecular complexity index is 2760. The van der Waals surface area contributed by atoms with Crippen molar-refractivity contribution < 1.29 is 0 Å². The summed E-state index contributed by atoms with van der Waals surface area (Å²) < 4.78 is 2.25. The van der Waals surface area contributed by atoms with E-state index in [9.17, 15) is 15.8 Å². The molecule has 2 atom stereocenters. The van der Waals surface area contributed by atoms with Crippen LogP contribution in [0.25, 0.3) is 38.6 Å². The maximum Gasteiger partial charge on any atom is 0.103 e. The second-order valence-corrected chi connectivity index (χ2v) is 16.0. The van der Waals surface area contributed by atoms with Crippen molar-refractivity contribution in [3.8, 4) is 35.0 Å². The lowest BCUT2D eigenvalue weighted by Gasteiger charge is -2.49. The SMILES string of the molecule is CC1(C)CC(c2ccccc2)C(C)(C)c2c(C#N)c(C#N)c(C#N)c(-n3c4ccccc4c4cc5c(cc43)-c3ccccc3C5Cc3ccccc3)c21. The lowest BCUT2D eigenvalue weighted by molar-refractivity contribution is 0.282. The Hall–Kier alpha value is -6.41. The van der Waals surface area contributed by atoms with Crippen LogP contribution in [0.4, 0.5) is 0 Å². The molecule has 1 heterocycles. The van der Waals surface area contributed by atoms with Crippen molar-refractivity contribution in [1.29, 1.82) is 15.8 Å². The zero-order valence-corrected chi connectivity index (χ0v) is 30.4. The van der Waals surface area contributed by atoms with Crippen LogP contribution in [0.3, 0.4) is 0 Å². The lowest BCUT2D eigenvalue weighted by Crippen LogP contribution is -2.42. The van der Waals surface area contributed by atoms with Crippen LogP contribution >= 0.6 is 0 Å². The third-order valence-corrected chi connectivity index (χ3v) is 12.3. The predicted octanol–water partition coefficient (Wildman–Crippen LogP) is 11.5. The second-order valence-electron chi connectivity index (χ2n) is 16.0. The van der Waals surface area contributed by atoms with Gasteiger partial charge in [-0.25, -0.2) is 0 Å². The highest BCUT2D eigenvalue weighted by molar-refractivity contribution is 6.11. The van der Waals surface area contributed by atoms with E-state index in [1.54, 1.807) is 0 Å². The van der Waals surface area contributed by atoms with Crippen LogP contribution in [0.2, 0.25) is 0 Å². The van der Waals surface area contributed by atoms with Crippen molar-refractivity contribution in [2.24, 2.45) is 0 Å². The van der Waals surface area contributed by atoms with Gasteiger partial charge in [-0.3, -0.25) is 0 Å². The third-order valence-electron chi connectivity index (χ3n) is 12.3. The summed E-state index contributed by atoms with van der Waals surface area (Å²) in [5.41, 5.74) is 11.9. The van der Waals surface area contributed by atoms with E-state index in [2.05, 4.69) is 160 Å². The van der Waals surface area contributed by atoms with Gasteiger partial charge in [-0.2, -0.15) is 15.8 Å². The zero-order valence-electron chi connectivity index (χ0n) is 30.4. The Morgan fingerprint density at radius 2 is 1.25 bits per heavy atom. The molecule has 0 amide bonds. The Balaban J connectivity index is 1.40. The standard InChI is InChI=1S/C49H38N4/c1-48(2)26-42(31-17-9-6-10-18-31)49(3,4)45-40(28-51)39(27-50)41(29-52)47(46(45)48)53-43-22-14-13-21-34(43)38-24-36-35(23-30-15-7-5-8-16-30)32-19-11-12-20-33(32)37(36)25-44(38)53/h5-22,24-25,35,42H,23,26H2,1-4H3. The summed E-state index contributed by atoms with van der Waals surface area (Å²) in [4.78, 5) is 0. The molecule has 0 saturated heterocycles. The van der Waals surface area contributed by atoms with E-state index in [0.717, 1.165) is 51.5 Å². The maximum atomic E-state index is 11.1. The molecule has 0 saturated carbocycles. The van der Waals surface area contributed by atoms with Gasteiger partial charge in [0.25, 0.3) is 0 Å². The summed E-state index contributed by atoms with van der Waals surface area (Å²) in [6.07, 6.45) is 1.71. The van der Waals surface area contributed by atoms with Gasteiger partial charge in [0.05, 0.1) is 33.4 Å². The van der Waals surface area contributed by atoms with E-state index >= 15 is 0 Å². The van der Waals surface area contributed by atoms with Gasteiger partial charge in [-0.05, 0) is 92.3 Å². The molecule has 4 nitrogen and oxygen atoms in total. The molecule has 0 aliphatic heterocycles. The minimum absolute atomic E-state index is 0.0881. The molecule has 2 aliphatic rings. The molecule has 0 spiro atoms. The molecule has 6 aromatic carbocycles. The van der Waals surface area contributed by atoms with E-state index in [1.807, 2.05) is 12.1 Å². The van der Waals surface area contributed by atoms with Crippen molar-refractivity contribution >= 4 is 21.8 Å². The van der Waals surface area contributed by atoms with Crippen LogP contribution in [-0.2, 0) is 17.3 Å². The fourth-order valence-electron chi connectivity index (χ4n) is 9.94. The van der Waals surface area contributed by atoms with Gasteiger partial charge < -0.3 is 4.57 Å². The molecule has 254 valence electrons. The number of fused-ring (bicyclic) bond motifs is 7. The van der Waals surface area contributed by atoms with E-state index in [1.165, 1.54) is 33.4 Å². The molecular weight excluding hydrogens is 645 g/mol. The molecule has 9 rings (SSSR count). The van der Waals surface area contributed by atoms with Crippen LogP contribution < -0.4 is 0 Å². The smallest absolute Gasteiger partial charge is 0.103 e. The second kappa shape index (κ2) is 11.8. The van der Waals surface area contributed by atoms with Gasteiger partial charge in [-0.1, -0.05) is 131 Å². The molecule has 0 radical (unpaired) electrons. The number of benzene rings is 6. The number of nitrogens with zero attached hydrogens (tertiary/aromatic N) is 4. The number of aromatic nitrogens is 1. The number of hydrogen-bond donors (Lipinski definition) is 0. The Kier molecular flexibility index (Phi) is 7.24. The van der Waals surface area contributed by atoms with Crippen molar-refractivity contribution in [1.82, 2.24) is 4.57 Å². The highest BCUT2D eigenvalue weighted by Gasteiger charge is 2.49. The summed E-state index contributed by atoms with van der Waals surface area (Å²) in [6, 6.07) is 50.4. The van der Waals surface area contributed by atoms with E-state index in [-0.39, 0.29) is 23.0 Å². The van der Waals surface area contributed by atoms with Gasteiger partial charge in [0.15, 0.2) is 0 Å². The Morgan fingerprint density at radius 1 is 0.604 bits per heavy atom. The van der Waals surface area contributed by atoms with Gasteiger partial charge in [0, 0.05) is 16.7 Å². The monoisotopic (exact) mass is 682 g/mol. The zero-order chi connectivity index (χ0) is 36.6. The Morgan fingerprint density at radius 3 is 1.96 bits per heavy atom. The Labute approximate surface area is 310 Å². The van der Waals surface area contributed by atoms with E-state index in [4.69, 9.17) is 0 Å². The molecule has 1 aromatic heterocycles. The molecule has 2 unspecified atom stereocenters. The van der Waals surface area contributed by atoms with Gasteiger partial charge >= 0.3 is 0 Å². The van der Waals surface area contributed by atoms with Gasteiger partial charge in [0.1, 0.15) is 18.2 Å². The number of nitriles is 3. The number of hydrogen-bond acceptors (Lipinski definition) is 3. The van der Waals surface area contributed by atoms with Gasteiger partial charge in [-0.15, -0.1) is 0 Å². The van der Waals surface area contributed by atoms with Crippen molar-refractivity contribution in [2.45, 2.75) is 63.2 Å². The molecule has 0 N–H and O–H groups in total. The normalized spacial score (nSPS) is 17.7. The molecule has 7 aromatic rings. The average molecular weight is 683 g/mol. The topological polar surface area (TPSA) is 76.3 Å². The molecule has 0 bridgehead atoms. The largest absolute Gasteiger partial charge is 0.308 e.